The molecule has 0 bridgehead atoms. The van der Waals surface area contributed by atoms with Crippen molar-refractivity contribution in [3.05, 3.63) is 56.7 Å². The molecule has 0 aliphatic carbocycles. The molecule has 1 aromatic carbocycles. The zero-order valence-electron chi connectivity index (χ0n) is 15.5. The number of carbonyl (C=O) groups excluding carboxylic acids is 1. The van der Waals surface area contributed by atoms with Crippen molar-refractivity contribution in [2.75, 3.05) is 18.5 Å². The van der Waals surface area contributed by atoms with Crippen molar-refractivity contribution in [1.82, 2.24) is 19.1 Å². The number of benzene rings is 1. The summed E-state index contributed by atoms with van der Waals surface area (Å²) in [5.74, 6) is 0.204. The van der Waals surface area contributed by atoms with Gasteiger partial charge in [-0.25, -0.2) is 4.79 Å². The quantitative estimate of drug-likeness (QED) is 0.612. The van der Waals surface area contributed by atoms with Crippen LogP contribution < -0.4 is 16.6 Å². The van der Waals surface area contributed by atoms with Gasteiger partial charge in [0.15, 0.2) is 16.9 Å². The summed E-state index contributed by atoms with van der Waals surface area (Å²) in [7, 11) is 1.53. The number of nitrogens with zero attached hydrogens (tertiary/aromatic N) is 3. The van der Waals surface area contributed by atoms with Gasteiger partial charge in [-0.3, -0.25) is 23.7 Å². The fourth-order valence-corrected chi connectivity index (χ4v) is 3.39. The first kappa shape index (κ1) is 18.2. The summed E-state index contributed by atoms with van der Waals surface area (Å²) in [6.07, 6.45) is 2.00. The number of hydrogen-bond donors (Lipinski definition) is 2. The summed E-state index contributed by atoms with van der Waals surface area (Å²) < 4.78 is 8.40. The van der Waals surface area contributed by atoms with Crippen LogP contribution in [-0.4, -0.2) is 44.1 Å². The maximum absolute atomic E-state index is 12.7. The van der Waals surface area contributed by atoms with E-state index in [2.05, 4.69) is 15.3 Å². The van der Waals surface area contributed by atoms with E-state index in [1.165, 1.54) is 16.2 Å². The Balaban J connectivity index is 1.75. The Morgan fingerprint density at radius 3 is 2.82 bits per heavy atom. The molecular weight excluding hydrogens is 362 g/mol. The van der Waals surface area contributed by atoms with Crippen molar-refractivity contribution in [2.45, 2.75) is 25.5 Å². The predicted molar refractivity (Wildman–Crippen MR) is 104 cm³/mol. The van der Waals surface area contributed by atoms with Crippen molar-refractivity contribution >= 4 is 22.9 Å². The largest absolute Gasteiger partial charge is 0.376 e. The number of H-pyrrole nitrogens is 1. The van der Waals surface area contributed by atoms with Gasteiger partial charge in [-0.15, -0.1) is 0 Å². The van der Waals surface area contributed by atoms with Crippen LogP contribution in [0.5, 0.6) is 0 Å². The number of Topliss-reactive ketones (excluding diaryl/α,β-unsaturated/α-hetero) is 1. The minimum Gasteiger partial charge on any atom is -0.376 e. The van der Waals surface area contributed by atoms with Crippen LogP contribution in [0.25, 0.3) is 11.2 Å². The molecule has 0 amide bonds. The lowest BCUT2D eigenvalue weighted by Crippen LogP contribution is -2.29. The Labute approximate surface area is 160 Å². The molecule has 2 aromatic heterocycles. The molecule has 1 saturated heterocycles. The van der Waals surface area contributed by atoms with Gasteiger partial charge < -0.3 is 10.1 Å². The highest BCUT2D eigenvalue weighted by Gasteiger charge is 2.21. The SMILES string of the molecule is Cn1c(=O)[nH]c(=O)c2c1nc(NC[C@@H]1CCCO1)n2CC(=O)c1ccccc1. The van der Waals surface area contributed by atoms with E-state index in [9.17, 15) is 14.4 Å². The number of aromatic nitrogens is 4. The normalized spacial score (nSPS) is 16.5. The summed E-state index contributed by atoms with van der Waals surface area (Å²) >= 11 is 0. The fourth-order valence-electron chi connectivity index (χ4n) is 3.39. The Morgan fingerprint density at radius 2 is 2.11 bits per heavy atom. The zero-order chi connectivity index (χ0) is 19.7. The Hall–Kier alpha value is -3.20. The Morgan fingerprint density at radius 1 is 1.32 bits per heavy atom. The molecule has 9 heteroatoms. The van der Waals surface area contributed by atoms with E-state index in [4.69, 9.17) is 4.74 Å². The van der Waals surface area contributed by atoms with E-state index in [1.807, 2.05) is 6.07 Å². The van der Waals surface area contributed by atoms with Gasteiger partial charge in [-0.05, 0) is 12.8 Å². The molecule has 9 nitrogen and oxygen atoms in total. The van der Waals surface area contributed by atoms with Crippen LogP contribution in [-0.2, 0) is 18.3 Å². The van der Waals surface area contributed by atoms with Crippen LogP contribution in [0.4, 0.5) is 5.95 Å². The molecule has 2 N–H and O–H groups in total. The predicted octanol–water partition coefficient (Wildman–Crippen LogP) is 0.897. The second-order valence-corrected chi connectivity index (χ2v) is 6.82. The average molecular weight is 383 g/mol. The van der Waals surface area contributed by atoms with Gasteiger partial charge in [0.25, 0.3) is 5.56 Å². The lowest BCUT2D eigenvalue weighted by molar-refractivity contribution is 0.0974. The summed E-state index contributed by atoms with van der Waals surface area (Å²) in [5, 5.41) is 3.18. The number of ether oxygens (including phenoxy) is 1. The summed E-state index contributed by atoms with van der Waals surface area (Å²) in [4.78, 5) is 43.9. The van der Waals surface area contributed by atoms with E-state index in [0.29, 0.717) is 18.1 Å². The van der Waals surface area contributed by atoms with E-state index >= 15 is 0 Å². The number of hydrogen-bond acceptors (Lipinski definition) is 6. The first-order valence-electron chi connectivity index (χ1n) is 9.18. The van der Waals surface area contributed by atoms with Crippen molar-refractivity contribution in [1.29, 1.82) is 0 Å². The maximum atomic E-state index is 12.7. The number of carbonyl (C=O) groups is 1. The van der Waals surface area contributed by atoms with Crippen LogP contribution >= 0.6 is 0 Å². The first-order chi connectivity index (χ1) is 13.5. The highest BCUT2D eigenvalue weighted by atomic mass is 16.5. The minimum absolute atomic E-state index is 0.0557. The molecule has 3 aromatic rings. The standard InChI is InChI=1S/C19H21N5O4/c1-23-16-15(17(26)22-19(23)27)24(11-14(25)12-6-3-2-4-7-12)18(21-16)20-10-13-8-5-9-28-13/h2-4,6-7,13H,5,8-11H2,1H3,(H,20,21)(H,22,26,27)/t13-/m0/s1. The van der Waals surface area contributed by atoms with Gasteiger partial charge in [0.1, 0.15) is 0 Å². The number of rotatable bonds is 6. The van der Waals surface area contributed by atoms with E-state index in [1.54, 1.807) is 24.3 Å². The molecule has 0 radical (unpaired) electrons. The second-order valence-electron chi connectivity index (χ2n) is 6.82. The molecule has 0 saturated carbocycles. The molecule has 1 atom stereocenters. The molecule has 1 aliphatic heterocycles. The van der Waals surface area contributed by atoms with Gasteiger partial charge in [-0.1, -0.05) is 30.3 Å². The van der Waals surface area contributed by atoms with Gasteiger partial charge in [0.2, 0.25) is 5.95 Å². The van der Waals surface area contributed by atoms with Crippen LogP contribution in [0.3, 0.4) is 0 Å². The molecule has 1 aliphatic rings. The van der Waals surface area contributed by atoms with Gasteiger partial charge in [0, 0.05) is 25.8 Å². The smallest absolute Gasteiger partial charge is 0.329 e. The number of aryl methyl sites for hydroxylation is 1. The minimum atomic E-state index is -0.573. The monoisotopic (exact) mass is 383 g/mol. The molecule has 146 valence electrons. The Kier molecular flexibility index (Phi) is 4.82. The highest BCUT2D eigenvalue weighted by molar-refractivity contribution is 5.96. The fraction of sp³-hybridized carbons (Fsp3) is 0.368. The second kappa shape index (κ2) is 7.43. The van der Waals surface area contributed by atoms with Crippen molar-refractivity contribution in [3.63, 3.8) is 0 Å². The third-order valence-electron chi connectivity index (χ3n) is 4.92. The highest BCUT2D eigenvalue weighted by Crippen LogP contribution is 2.18. The van der Waals surface area contributed by atoms with E-state index in [0.717, 1.165) is 19.4 Å². The third kappa shape index (κ3) is 3.36. The molecule has 3 heterocycles. The first-order valence-corrected chi connectivity index (χ1v) is 9.18. The lowest BCUT2D eigenvalue weighted by Gasteiger charge is -2.13. The van der Waals surface area contributed by atoms with Gasteiger partial charge >= 0.3 is 5.69 Å². The number of ketones is 1. The van der Waals surface area contributed by atoms with Gasteiger partial charge in [0.05, 0.1) is 12.6 Å². The van der Waals surface area contributed by atoms with Crippen molar-refractivity contribution in [2.24, 2.45) is 7.05 Å². The molecule has 28 heavy (non-hydrogen) atoms. The van der Waals surface area contributed by atoms with Crippen LogP contribution in [0.15, 0.2) is 39.9 Å². The molecule has 4 rings (SSSR count). The summed E-state index contributed by atoms with van der Waals surface area (Å²) in [6.45, 7) is 1.16. The topological polar surface area (TPSA) is 111 Å². The number of anilines is 1. The van der Waals surface area contributed by atoms with E-state index < -0.39 is 11.2 Å². The van der Waals surface area contributed by atoms with Crippen LogP contribution in [0, 0.1) is 0 Å². The van der Waals surface area contributed by atoms with E-state index in [-0.39, 0.29) is 29.6 Å². The number of imidazole rings is 1. The van der Waals surface area contributed by atoms with Crippen LogP contribution in [0.2, 0.25) is 0 Å². The summed E-state index contributed by atoms with van der Waals surface area (Å²) in [5.41, 5.74) is -0.180. The molecular formula is C19H21N5O4. The van der Waals surface area contributed by atoms with Crippen molar-refractivity contribution < 1.29 is 9.53 Å². The third-order valence-corrected chi connectivity index (χ3v) is 4.92. The number of aromatic amines is 1. The van der Waals surface area contributed by atoms with Crippen LogP contribution in [0.1, 0.15) is 23.2 Å². The Bertz CT molecular complexity index is 1120. The molecule has 0 unspecified atom stereocenters. The lowest BCUT2D eigenvalue weighted by atomic mass is 10.1. The zero-order valence-corrected chi connectivity index (χ0v) is 15.5. The van der Waals surface area contributed by atoms with Gasteiger partial charge in [-0.2, -0.15) is 4.98 Å². The maximum Gasteiger partial charge on any atom is 0.329 e. The average Bonchev–Trinajstić information content (AvgIpc) is 3.33. The molecule has 1 fully saturated rings. The van der Waals surface area contributed by atoms with Crippen molar-refractivity contribution in [3.8, 4) is 0 Å². The summed E-state index contributed by atoms with van der Waals surface area (Å²) in [6, 6.07) is 8.85. The molecule has 0 spiro atoms. The number of fused-ring (bicyclic) bond motifs is 1. The number of nitrogens with one attached hydrogen (secondary N) is 2.